The van der Waals surface area contributed by atoms with Crippen molar-refractivity contribution in [3.8, 4) is 5.75 Å². The van der Waals surface area contributed by atoms with Crippen LogP contribution in [0.5, 0.6) is 5.75 Å². The number of hydrogen-bond donors (Lipinski definition) is 0. The maximum absolute atomic E-state index is 13.1. The standard InChI is InChI=1S/C30H37FO3/c1-3-4-5-29(32)34-28-15-14-27-26-12-8-21-18-23(33-19-20-6-9-22(31)10-7-20)11-13-24(21)25(26)16-17-30(27,28)2/h6-7,9-11,13,18,25-28H,3-5,8,12,14-17,19H2,1-2H3/t25-,26-,27+,28-,30-/m0/s1. The predicted octanol–water partition coefficient (Wildman–Crippen LogP) is 7.36. The summed E-state index contributed by atoms with van der Waals surface area (Å²) >= 11 is 0. The van der Waals surface area contributed by atoms with Gasteiger partial charge in [0.05, 0.1) is 0 Å². The zero-order chi connectivity index (χ0) is 23.7. The van der Waals surface area contributed by atoms with Gasteiger partial charge in [-0.15, -0.1) is 0 Å². The van der Waals surface area contributed by atoms with Crippen molar-refractivity contribution in [2.75, 3.05) is 0 Å². The maximum atomic E-state index is 13.1. The summed E-state index contributed by atoms with van der Waals surface area (Å²) in [4.78, 5) is 12.4. The average molecular weight is 465 g/mol. The predicted molar refractivity (Wildman–Crippen MR) is 131 cm³/mol. The lowest BCUT2D eigenvalue weighted by atomic mass is 9.55. The van der Waals surface area contributed by atoms with Crippen molar-refractivity contribution in [1.29, 1.82) is 0 Å². The molecule has 0 unspecified atom stereocenters. The van der Waals surface area contributed by atoms with Crippen LogP contribution >= 0.6 is 0 Å². The van der Waals surface area contributed by atoms with Crippen LogP contribution < -0.4 is 4.74 Å². The Bertz CT molecular complexity index is 1020. The Morgan fingerprint density at radius 3 is 2.71 bits per heavy atom. The van der Waals surface area contributed by atoms with Gasteiger partial charge < -0.3 is 9.47 Å². The van der Waals surface area contributed by atoms with Crippen molar-refractivity contribution < 1.29 is 18.7 Å². The van der Waals surface area contributed by atoms with Gasteiger partial charge in [-0.05, 0) is 104 Å². The molecule has 0 aromatic heterocycles. The summed E-state index contributed by atoms with van der Waals surface area (Å²) in [5.41, 5.74) is 4.01. The molecule has 0 spiro atoms. The van der Waals surface area contributed by atoms with Crippen molar-refractivity contribution in [2.24, 2.45) is 17.3 Å². The van der Waals surface area contributed by atoms with Crippen molar-refractivity contribution >= 4 is 5.97 Å². The summed E-state index contributed by atoms with van der Waals surface area (Å²) < 4.78 is 25.2. The number of esters is 1. The second-order valence-corrected chi connectivity index (χ2v) is 10.9. The molecule has 3 nitrogen and oxygen atoms in total. The maximum Gasteiger partial charge on any atom is 0.306 e. The Morgan fingerprint density at radius 1 is 1.09 bits per heavy atom. The number of ether oxygens (including phenoxy) is 2. The fraction of sp³-hybridized carbons (Fsp3) is 0.567. The molecule has 0 aliphatic heterocycles. The van der Waals surface area contributed by atoms with Crippen LogP contribution in [0.4, 0.5) is 4.39 Å². The van der Waals surface area contributed by atoms with E-state index in [1.54, 1.807) is 12.1 Å². The molecule has 5 rings (SSSR count). The van der Waals surface area contributed by atoms with E-state index in [1.807, 2.05) is 0 Å². The molecule has 0 N–H and O–H groups in total. The molecule has 0 heterocycles. The third-order valence-corrected chi connectivity index (χ3v) is 8.94. The monoisotopic (exact) mass is 464 g/mol. The number of carbonyl (C=O) groups is 1. The first kappa shape index (κ1) is 23.4. The average Bonchev–Trinajstić information content (AvgIpc) is 3.18. The van der Waals surface area contributed by atoms with Crippen molar-refractivity contribution in [2.45, 2.75) is 90.3 Å². The van der Waals surface area contributed by atoms with Gasteiger partial charge in [0.25, 0.3) is 0 Å². The van der Waals surface area contributed by atoms with Gasteiger partial charge in [0.15, 0.2) is 0 Å². The van der Waals surface area contributed by atoms with Crippen LogP contribution in [0.2, 0.25) is 0 Å². The summed E-state index contributed by atoms with van der Waals surface area (Å²) in [6, 6.07) is 13.1. The van der Waals surface area contributed by atoms with E-state index in [4.69, 9.17) is 9.47 Å². The second-order valence-electron chi connectivity index (χ2n) is 10.9. The molecule has 0 amide bonds. The molecule has 0 saturated heterocycles. The highest BCUT2D eigenvalue weighted by Crippen LogP contribution is 2.61. The smallest absolute Gasteiger partial charge is 0.306 e. The molecular weight excluding hydrogens is 427 g/mol. The van der Waals surface area contributed by atoms with E-state index < -0.39 is 0 Å². The van der Waals surface area contributed by atoms with Crippen LogP contribution in [0, 0.1) is 23.1 Å². The number of fused-ring (bicyclic) bond motifs is 5. The van der Waals surface area contributed by atoms with Gasteiger partial charge in [-0.2, -0.15) is 0 Å². The lowest BCUT2D eigenvalue weighted by Gasteiger charge is -2.50. The van der Waals surface area contributed by atoms with Crippen LogP contribution in [0.15, 0.2) is 42.5 Å². The lowest BCUT2D eigenvalue weighted by molar-refractivity contribution is -0.157. The largest absolute Gasteiger partial charge is 0.489 e. The molecule has 2 saturated carbocycles. The molecule has 0 bridgehead atoms. The van der Waals surface area contributed by atoms with Crippen LogP contribution in [0.25, 0.3) is 0 Å². The van der Waals surface area contributed by atoms with E-state index in [9.17, 15) is 9.18 Å². The van der Waals surface area contributed by atoms with Crippen molar-refractivity contribution in [3.05, 3.63) is 65.0 Å². The van der Waals surface area contributed by atoms with Gasteiger partial charge in [0, 0.05) is 11.8 Å². The molecule has 0 radical (unpaired) electrons. The van der Waals surface area contributed by atoms with Gasteiger partial charge in [0.2, 0.25) is 0 Å². The highest BCUT2D eigenvalue weighted by molar-refractivity contribution is 5.69. The first-order valence-corrected chi connectivity index (χ1v) is 13.2. The van der Waals surface area contributed by atoms with E-state index in [0.717, 1.165) is 43.4 Å². The molecule has 2 fully saturated rings. The molecule has 2 aromatic carbocycles. The second kappa shape index (κ2) is 9.71. The quantitative estimate of drug-likeness (QED) is 0.402. The number of unbranched alkanes of at least 4 members (excludes halogenated alkanes) is 1. The fourth-order valence-electron chi connectivity index (χ4n) is 7.08. The number of carbonyl (C=O) groups excluding carboxylic acids is 1. The van der Waals surface area contributed by atoms with Crippen LogP contribution in [0.3, 0.4) is 0 Å². The van der Waals surface area contributed by atoms with Crippen LogP contribution in [-0.4, -0.2) is 12.1 Å². The van der Waals surface area contributed by atoms with E-state index in [-0.39, 0.29) is 23.3 Å². The molecular formula is C30H37FO3. The minimum Gasteiger partial charge on any atom is -0.489 e. The zero-order valence-electron chi connectivity index (χ0n) is 20.5. The first-order chi connectivity index (χ1) is 16.5. The Labute approximate surface area is 203 Å². The Balaban J connectivity index is 1.25. The number of benzene rings is 2. The molecule has 2 aromatic rings. The van der Waals surface area contributed by atoms with E-state index >= 15 is 0 Å². The molecule has 3 aliphatic carbocycles. The zero-order valence-corrected chi connectivity index (χ0v) is 20.5. The van der Waals surface area contributed by atoms with Crippen molar-refractivity contribution in [1.82, 2.24) is 0 Å². The van der Waals surface area contributed by atoms with Gasteiger partial charge in [0.1, 0.15) is 24.3 Å². The minimum atomic E-state index is -0.223. The van der Waals surface area contributed by atoms with Gasteiger partial charge >= 0.3 is 5.97 Å². The number of hydrogen-bond acceptors (Lipinski definition) is 3. The first-order valence-electron chi connectivity index (χ1n) is 13.2. The third-order valence-electron chi connectivity index (χ3n) is 8.94. The molecule has 4 heteroatoms. The number of rotatable bonds is 7. The highest BCUT2D eigenvalue weighted by Gasteiger charge is 2.56. The molecule has 5 atom stereocenters. The summed E-state index contributed by atoms with van der Waals surface area (Å²) in [7, 11) is 0. The van der Waals surface area contributed by atoms with Gasteiger partial charge in [-0.3, -0.25) is 4.79 Å². The Kier molecular flexibility index (Phi) is 6.68. The Morgan fingerprint density at radius 2 is 1.91 bits per heavy atom. The summed E-state index contributed by atoms with van der Waals surface area (Å²) in [5.74, 6) is 2.58. The normalized spacial score (nSPS) is 29.6. The van der Waals surface area contributed by atoms with Crippen LogP contribution in [-0.2, 0) is 22.6 Å². The van der Waals surface area contributed by atoms with E-state index in [0.29, 0.717) is 30.8 Å². The number of halogens is 1. The third kappa shape index (κ3) is 4.48. The topological polar surface area (TPSA) is 35.5 Å². The highest BCUT2D eigenvalue weighted by atomic mass is 19.1. The number of aryl methyl sites for hydroxylation is 1. The molecule has 34 heavy (non-hydrogen) atoms. The summed E-state index contributed by atoms with van der Waals surface area (Å²) in [5, 5.41) is 0. The van der Waals surface area contributed by atoms with E-state index in [2.05, 4.69) is 32.0 Å². The minimum absolute atomic E-state index is 0.00185. The summed E-state index contributed by atoms with van der Waals surface area (Å²) in [6.45, 7) is 4.95. The lowest BCUT2D eigenvalue weighted by Crippen LogP contribution is -2.45. The van der Waals surface area contributed by atoms with Gasteiger partial charge in [-0.25, -0.2) is 4.39 Å². The van der Waals surface area contributed by atoms with Gasteiger partial charge in [-0.1, -0.05) is 38.5 Å². The SMILES string of the molecule is CCCCC(=O)O[C@H]1CC[C@@H]2[C@H]3CCc4cc(OCc5ccc(F)cc5)ccc4[C@@H]3CC[C@]12C. The van der Waals surface area contributed by atoms with Crippen LogP contribution in [0.1, 0.15) is 87.8 Å². The molecule has 3 aliphatic rings. The van der Waals surface area contributed by atoms with Crippen molar-refractivity contribution in [3.63, 3.8) is 0 Å². The Hall–Kier alpha value is -2.36. The molecule has 182 valence electrons. The summed E-state index contributed by atoms with van der Waals surface area (Å²) in [6.07, 6.45) is 9.38. The van der Waals surface area contributed by atoms with E-state index in [1.165, 1.54) is 42.5 Å². The fourth-order valence-corrected chi connectivity index (χ4v) is 7.08.